The molecule has 0 saturated heterocycles. The summed E-state index contributed by atoms with van der Waals surface area (Å²) in [6, 6.07) is 2.29. The maximum Gasteiger partial charge on any atom is 0.101 e. The summed E-state index contributed by atoms with van der Waals surface area (Å²) < 4.78 is 1.71. The van der Waals surface area contributed by atoms with Crippen LogP contribution >= 0.6 is 0 Å². The lowest BCUT2D eigenvalue weighted by atomic mass is 9.64. The van der Waals surface area contributed by atoms with Crippen molar-refractivity contribution in [2.24, 2.45) is 12.5 Å². The highest BCUT2D eigenvalue weighted by Crippen LogP contribution is 2.50. The van der Waals surface area contributed by atoms with Gasteiger partial charge in [-0.05, 0) is 19.3 Å². The van der Waals surface area contributed by atoms with Gasteiger partial charge < -0.3 is 5.11 Å². The number of hydrogen-bond acceptors (Lipinski definition) is 3. The van der Waals surface area contributed by atoms with Gasteiger partial charge in [-0.1, -0.05) is 13.3 Å². The lowest BCUT2D eigenvalue weighted by Gasteiger charge is -2.39. The molecule has 0 radical (unpaired) electrons. The number of hydrogen-bond donors (Lipinski definition) is 1. The molecule has 4 heteroatoms. The van der Waals surface area contributed by atoms with Crippen molar-refractivity contribution in [1.82, 2.24) is 9.78 Å². The van der Waals surface area contributed by atoms with Gasteiger partial charge in [0.25, 0.3) is 0 Å². The van der Waals surface area contributed by atoms with Crippen LogP contribution in [0.4, 0.5) is 0 Å². The van der Waals surface area contributed by atoms with Crippen molar-refractivity contribution in [2.45, 2.75) is 38.7 Å². The third kappa shape index (κ3) is 1.52. The minimum absolute atomic E-state index is 0.563. The van der Waals surface area contributed by atoms with Crippen molar-refractivity contribution < 1.29 is 5.11 Å². The molecule has 1 unspecified atom stereocenters. The molecule has 1 aromatic rings. The van der Waals surface area contributed by atoms with Crippen molar-refractivity contribution in [3.63, 3.8) is 0 Å². The zero-order chi connectivity index (χ0) is 11.8. The second-order valence-corrected chi connectivity index (χ2v) is 4.58. The van der Waals surface area contributed by atoms with Gasteiger partial charge in [0, 0.05) is 18.8 Å². The van der Waals surface area contributed by atoms with E-state index in [1.54, 1.807) is 4.68 Å². The molecular formula is C12H17N3O. The van der Waals surface area contributed by atoms with Gasteiger partial charge in [-0.15, -0.1) is 0 Å². The second kappa shape index (κ2) is 3.91. The molecule has 2 rings (SSSR count). The van der Waals surface area contributed by atoms with Gasteiger partial charge in [0.2, 0.25) is 0 Å². The minimum atomic E-state index is -0.685. The Kier molecular flexibility index (Phi) is 2.73. The first-order valence-corrected chi connectivity index (χ1v) is 5.74. The first-order valence-electron chi connectivity index (χ1n) is 5.74. The monoisotopic (exact) mass is 219 g/mol. The molecule has 16 heavy (non-hydrogen) atoms. The average Bonchev–Trinajstić information content (AvgIpc) is 2.58. The molecule has 1 N–H and O–H groups in total. The Hall–Kier alpha value is -1.34. The number of rotatable bonds is 3. The van der Waals surface area contributed by atoms with Crippen molar-refractivity contribution in [2.75, 3.05) is 0 Å². The summed E-state index contributed by atoms with van der Waals surface area (Å²) in [5.74, 6) is 0. The summed E-state index contributed by atoms with van der Waals surface area (Å²) in [6.45, 7) is 2.01. The van der Waals surface area contributed by atoms with Gasteiger partial charge in [0.1, 0.15) is 6.10 Å². The van der Waals surface area contributed by atoms with Crippen LogP contribution in [0.3, 0.4) is 0 Å². The number of aromatic nitrogens is 2. The summed E-state index contributed by atoms with van der Waals surface area (Å²) in [6.07, 6.45) is 4.56. The maximum absolute atomic E-state index is 10.3. The van der Waals surface area contributed by atoms with E-state index in [4.69, 9.17) is 0 Å². The molecule has 0 amide bonds. The number of aliphatic hydroxyl groups excluding tert-OH is 1. The molecule has 1 aromatic heterocycles. The Bertz CT molecular complexity index is 426. The van der Waals surface area contributed by atoms with E-state index >= 15 is 0 Å². The molecule has 1 aliphatic carbocycles. The zero-order valence-electron chi connectivity index (χ0n) is 9.77. The first kappa shape index (κ1) is 11.2. The van der Waals surface area contributed by atoms with Crippen LogP contribution in [-0.4, -0.2) is 14.9 Å². The Morgan fingerprint density at radius 3 is 2.81 bits per heavy atom. The third-order valence-corrected chi connectivity index (χ3v) is 3.56. The molecule has 1 aliphatic rings. The van der Waals surface area contributed by atoms with E-state index in [-0.39, 0.29) is 0 Å². The van der Waals surface area contributed by atoms with Crippen LogP contribution in [0, 0.1) is 16.7 Å². The quantitative estimate of drug-likeness (QED) is 0.841. The molecule has 1 atom stereocenters. The van der Waals surface area contributed by atoms with Crippen molar-refractivity contribution >= 4 is 0 Å². The Labute approximate surface area is 95.5 Å². The van der Waals surface area contributed by atoms with E-state index in [2.05, 4.69) is 11.2 Å². The van der Waals surface area contributed by atoms with E-state index < -0.39 is 11.5 Å². The topological polar surface area (TPSA) is 61.8 Å². The van der Waals surface area contributed by atoms with Gasteiger partial charge in [-0.2, -0.15) is 10.4 Å². The summed E-state index contributed by atoms with van der Waals surface area (Å²) in [5.41, 5.74) is 1.16. The van der Waals surface area contributed by atoms with E-state index in [9.17, 15) is 10.4 Å². The minimum Gasteiger partial charge on any atom is -0.387 e. The van der Waals surface area contributed by atoms with Crippen molar-refractivity contribution in [3.8, 4) is 6.07 Å². The molecule has 0 aliphatic heterocycles. The molecule has 1 saturated carbocycles. The average molecular weight is 219 g/mol. The van der Waals surface area contributed by atoms with E-state index in [0.29, 0.717) is 0 Å². The number of nitrogens with zero attached hydrogens (tertiary/aromatic N) is 3. The van der Waals surface area contributed by atoms with Crippen molar-refractivity contribution in [3.05, 3.63) is 17.5 Å². The van der Waals surface area contributed by atoms with Crippen LogP contribution in [0.15, 0.2) is 6.20 Å². The fraction of sp³-hybridized carbons (Fsp3) is 0.667. The maximum atomic E-state index is 10.3. The summed E-state index contributed by atoms with van der Waals surface area (Å²) in [7, 11) is 1.84. The highest BCUT2D eigenvalue weighted by atomic mass is 16.3. The summed E-state index contributed by atoms with van der Waals surface area (Å²) in [5, 5.41) is 23.8. The van der Waals surface area contributed by atoms with E-state index in [1.807, 2.05) is 20.2 Å². The molecule has 1 fully saturated rings. The van der Waals surface area contributed by atoms with Crippen LogP contribution in [0.5, 0.6) is 0 Å². The first-order chi connectivity index (χ1) is 7.63. The smallest absolute Gasteiger partial charge is 0.101 e. The van der Waals surface area contributed by atoms with E-state index in [1.165, 1.54) is 0 Å². The molecule has 0 spiro atoms. The second-order valence-electron chi connectivity index (χ2n) is 4.58. The van der Waals surface area contributed by atoms with Gasteiger partial charge >= 0.3 is 0 Å². The van der Waals surface area contributed by atoms with Crippen molar-refractivity contribution in [1.29, 1.82) is 5.26 Å². The molecule has 0 aromatic carbocycles. The zero-order valence-corrected chi connectivity index (χ0v) is 9.77. The lowest BCUT2D eigenvalue weighted by Crippen LogP contribution is -2.34. The number of aryl methyl sites for hydroxylation is 2. The predicted octanol–water partition coefficient (Wildman–Crippen LogP) is 1.71. The van der Waals surface area contributed by atoms with Crippen LogP contribution in [0.1, 0.15) is 43.5 Å². The highest BCUT2D eigenvalue weighted by Gasteiger charge is 2.45. The SMILES string of the molecule is CCc1nn(C)cc1C(O)C1(C#N)CCC1. The number of nitriles is 1. The summed E-state index contributed by atoms with van der Waals surface area (Å²) in [4.78, 5) is 0. The van der Waals surface area contributed by atoms with Crippen LogP contribution < -0.4 is 0 Å². The molecule has 0 bridgehead atoms. The highest BCUT2D eigenvalue weighted by molar-refractivity contribution is 5.26. The Morgan fingerprint density at radius 1 is 1.69 bits per heavy atom. The molecule has 86 valence electrons. The molecular weight excluding hydrogens is 202 g/mol. The fourth-order valence-corrected chi connectivity index (χ4v) is 2.36. The Morgan fingerprint density at radius 2 is 2.38 bits per heavy atom. The summed E-state index contributed by atoms with van der Waals surface area (Å²) >= 11 is 0. The van der Waals surface area contributed by atoms with Gasteiger partial charge in [-0.25, -0.2) is 0 Å². The third-order valence-electron chi connectivity index (χ3n) is 3.56. The predicted molar refractivity (Wildman–Crippen MR) is 59.4 cm³/mol. The normalized spacial score (nSPS) is 19.9. The van der Waals surface area contributed by atoms with Gasteiger partial charge in [0.15, 0.2) is 0 Å². The standard InChI is InChI=1S/C12H17N3O/c1-3-10-9(7-15(2)14-10)11(16)12(8-13)5-4-6-12/h7,11,16H,3-6H2,1-2H3. The van der Waals surface area contributed by atoms with Crippen LogP contribution in [0.25, 0.3) is 0 Å². The molecule has 4 nitrogen and oxygen atoms in total. The molecule has 1 heterocycles. The van der Waals surface area contributed by atoms with Crippen LogP contribution in [-0.2, 0) is 13.5 Å². The van der Waals surface area contributed by atoms with Gasteiger partial charge in [0.05, 0.1) is 17.2 Å². The van der Waals surface area contributed by atoms with Crippen LogP contribution in [0.2, 0.25) is 0 Å². The Balaban J connectivity index is 2.33. The number of aliphatic hydroxyl groups is 1. The fourth-order valence-electron chi connectivity index (χ4n) is 2.36. The van der Waals surface area contributed by atoms with Gasteiger partial charge in [-0.3, -0.25) is 4.68 Å². The lowest BCUT2D eigenvalue weighted by molar-refractivity contribution is 0.00737. The largest absolute Gasteiger partial charge is 0.387 e. The van der Waals surface area contributed by atoms with E-state index in [0.717, 1.165) is 36.9 Å².